The van der Waals surface area contributed by atoms with Crippen molar-refractivity contribution in [3.05, 3.63) is 59.8 Å². The van der Waals surface area contributed by atoms with E-state index in [0.29, 0.717) is 16.4 Å². The van der Waals surface area contributed by atoms with Gasteiger partial charge in [-0.15, -0.1) is 0 Å². The molecule has 7 nitrogen and oxygen atoms in total. The van der Waals surface area contributed by atoms with Crippen LogP contribution in [0.5, 0.6) is 0 Å². The number of aromatic nitrogens is 1. The summed E-state index contributed by atoms with van der Waals surface area (Å²) in [5.74, 6) is 0. The van der Waals surface area contributed by atoms with Gasteiger partial charge in [-0.05, 0) is 67.8 Å². The zero-order valence-electron chi connectivity index (χ0n) is 19.5. The molecule has 1 aliphatic heterocycles. The highest BCUT2D eigenvalue weighted by Crippen LogP contribution is 2.33. The predicted octanol–water partition coefficient (Wildman–Crippen LogP) is 4.73. The van der Waals surface area contributed by atoms with Crippen LogP contribution in [0.4, 0.5) is 18.9 Å². The van der Waals surface area contributed by atoms with Gasteiger partial charge in [-0.1, -0.05) is 0 Å². The van der Waals surface area contributed by atoms with Gasteiger partial charge >= 0.3 is 6.18 Å². The van der Waals surface area contributed by atoms with Crippen LogP contribution in [0.25, 0.3) is 21.9 Å². The lowest BCUT2D eigenvalue weighted by atomic mass is 10.0. The molecule has 36 heavy (non-hydrogen) atoms. The molecule has 0 aliphatic carbocycles. The highest BCUT2D eigenvalue weighted by molar-refractivity contribution is 7.89. The van der Waals surface area contributed by atoms with Crippen LogP contribution in [0.2, 0.25) is 0 Å². The molecule has 192 valence electrons. The van der Waals surface area contributed by atoms with E-state index >= 15 is 0 Å². The molecule has 2 aromatic carbocycles. The Kier molecular flexibility index (Phi) is 6.48. The summed E-state index contributed by atoms with van der Waals surface area (Å²) in [6, 6.07) is 10.9. The molecular formula is C25H27F3N4O3S. The molecule has 3 N–H and O–H groups in total. The van der Waals surface area contributed by atoms with Crippen LogP contribution in [0.15, 0.2) is 58.2 Å². The summed E-state index contributed by atoms with van der Waals surface area (Å²) in [5, 5.41) is 6.25. The normalized spacial score (nSPS) is 15.8. The summed E-state index contributed by atoms with van der Waals surface area (Å²) in [6.45, 7) is 4.41. The second-order valence-electron chi connectivity index (χ2n) is 9.19. The highest BCUT2D eigenvalue weighted by atomic mass is 32.2. The fraction of sp³-hybridized carbons (Fsp3) is 0.360. The SMILES string of the molecule is NS(=O)(=O)c1cc2cc(N3CCN(CCCCc4c[nH]c5ccc(C(F)(F)F)cc45)CC3)ccc2o1. The number of unbranched alkanes of at least 4 members (excludes halogenated alkanes) is 1. The molecule has 11 heteroatoms. The number of anilines is 1. The van der Waals surface area contributed by atoms with Crippen molar-refractivity contribution >= 4 is 37.6 Å². The van der Waals surface area contributed by atoms with E-state index in [1.165, 1.54) is 18.2 Å². The van der Waals surface area contributed by atoms with Gasteiger partial charge in [0.15, 0.2) is 0 Å². The van der Waals surface area contributed by atoms with Crippen molar-refractivity contribution in [1.29, 1.82) is 0 Å². The van der Waals surface area contributed by atoms with Crippen molar-refractivity contribution in [2.45, 2.75) is 30.5 Å². The third kappa shape index (κ3) is 5.23. The number of benzene rings is 2. The summed E-state index contributed by atoms with van der Waals surface area (Å²) in [4.78, 5) is 7.72. The molecule has 0 bridgehead atoms. The standard InChI is InChI=1S/C25H27F3N4O3S/c26-25(27,28)19-4-6-22-21(15-19)17(16-30-22)3-1-2-8-31-9-11-32(12-10-31)20-5-7-23-18(13-20)14-24(35-23)36(29,33)34/h4-7,13-16,30H,1-3,8-12H2,(H2,29,33,34). The third-order valence-electron chi connectivity index (χ3n) is 6.76. The van der Waals surface area contributed by atoms with E-state index in [1.807, 2.05) is 18.3 Å². The second kappa shape index (κ2) is 9.45. The van der Waals surface area contributed by atoms with E-state index in [0.717, 1.165) is 74.8 Å². The van der Waals surface area contributed by atoms with Crippen molar-refractivity contribution < 1.29 is 26.0 Å². The topological polar surface area (TPSA) is 95.6 Å². The van der Waals surface area contributed by atoms with Crippen LogP contribution in [-0.2, 0) is 22.6 Å². The Morgan fingerprint density at radius 1 is 1.00 bits per heavy atom. The number of piperazine rings is 1. The van der Waals surface area contributed by atoms with E-state index in [1.54, 1.807) is 6.07 Å². The zero-order chi connectivity index (χ0) is 25.5. The molecule has 3 heterocycles. The Balaban J connectivity index is 1.12. The number of aromatic amines is 1. The van der Waals surface area contributed by atoms with Gasteiger partial charge in [0, 0.05) is 60.4 Å². The summed E-state index contributed by atoms with van der Waals surface area (Å²) in [7, 11) is -3.89. The Bertz CT molecular complexity index is 1490. The minimum Gasteiger partial charge on any atom is -0.443 e. The molecular weight excluding hydrogens is 493 g/mol. The van der Waals surface area contributed by atoms with Crippen molar-refractivity contribution in [2.24, 2.45) is 5.14 Å². The molecule has 1 aliphatic rings. The van der Waals surface area contributed by atoms with Gasteiger partial charge in [-0.2, -0.15) is 13.2 Å². The summed E-state index contributed by atoms with van der Waals surface area (Å²) in [5.41, 5.74) is 2.50. The number of primary sulfonamides is 1. The number of H-pyrrole nitrogens is 1. The first kappa shape index (κ1) is 24.7. The average Bonchev–Trinajstić information content (AvgIpc) is 3.45. The molecule has 0 amide bonds. The van der Waals surface area contributed by atoms with Crippen LogP contribution < -0.4 is 10.0 Å². The first-order valence-corrected chi connectivity index (χ1v) is 13.3. The van der Waals surface area contributed by atoms with Crippen LogP contribution in [0.3, 0.4) is 0 Å². The van der Waals surface area contributed by atoms with Gasteiger partial charge in [0.25, 0.3) is 10.0 Å². The molecule has 2 aromatic heterocycles. The summed E-state index contributed by atoms with van der Waals surface area (Å²) >= 11 is 0. The largest absolute Gasteiger partial charge is 0.443 e. The molecule has 5 rings (SSSR count). The van der Waals surface area contributed by atoms with E-state index in [-0.39, 0.29) is 5.09 Å². The first-order chi connectivity index (χ1) is 17.1. The molecule has 0 radical (unpaired) electrons. The maximum atomic E-state index is 13.1. The maximum absolute atomic E-state index is 13.1. The lowest BCUT2D eigenvalue weighted by molar-refractivity contribution is -0.137. The lowest BCUT2D eigenvalue weighted by Gasteiger charge is -2.36. The number of nitrogens with zero attached hydrogens (tertiary/aromatic N) is 2. The molecule has 0 unspecified atom stereocenters. The first-order valence-electron chi connectivity index (χ1n) is 11.8. The number of aryl methyl sites for hydroxylation is 1. The number of halogens is 3. The van der Waals surface area contributed by atoms with Crippen molar-refractivity contribution in [2.75, 3.05) is 37.6 Å². The van der Waals surface area contributed by atoms with E-state index in [2.05, 4.69) is 14.8 Å². The minimum atomic E-state index is -4.34. The Labute approximate surface area is 206 Å². The Morgan fingerprint density at radius 2 is 1.78 bits per heavy atom. The van der Waals surface area contributed by atoms with Crippen LogP contribution in [0.1, 0.15) is 24.0 Å². The number of fused-ring (bicyclic) bond motifs is 2. The summed E-state index contributed by atoms with van der Waals surface area (Å²) in [6.07, 6.45) is 0.0535. The van der Waals surface area contributed by atoms with Gasteiger partial charge in [-0.3, -0.25) is 4.90 Å². The van der Waals surface area contributed by atoms with Gasteiger partial charge in [0.2, 0.25) is 5.09 Å². The number of furan rings is 1. The van der Waals surface area contributed by atoms with Crippen LogP contribution in [-0.4, -0.2) is 51.0 Å². The number of hydrogen-bond donors (Lipinski definition) is 2. The van der Waals surface area contributed by atoms with Gasteiger partial charge in [0.05, 0.1) is 5.56 Å². The maximum Gasteiger partial charge on any atom is 0.416 e. The molecule has 0 saturated carbocycles. The van der Waals surface area contributed by atoms with Gasteiger partial charge < -0.3 is 14.3 Å². The molecule has 1 fully saturated rings. The third-order valence-corrected chi connectivity index (χ3v) is 7.52. The number of hydrogen-bond acceptors (Lipinski definition) is 5. The van der Waals surface area contributed by atoms with Crippen LogP contribution >= 0.6 is 0 Å². The number of sulfonamides is 1. The fourth-order valence-corrected chi connectivity index (χ4v) is 5.28. The predicted molar refractivity (Wildman–Crippen MR) is 132 cm³/mol. The summed E-state index contributed by atoms with van der Waals surface area (Å²) < 4.78 is 67.6. The van der Waals surface area contributed by atoms with Crippen molar-refractivity contribution in [3.63, 3.8) is 0 Å². The molecule has 4 aromatic rings. The Morgan fingerprint density at radius 3 is 2.50 bits per heavy atom. The van der Waals surface area contributed by atoms with E-state index in [4.69, 9.17) is 9.56 Å². The van der Waals surface area contributed by atoms with E-state index in [9.17, 15) is 21.6 Å². The number of nitrogens with one attached hydrogen (secondary N) is 1. The minimum absolute atomic E-state index is 0.243. The smallest absolute Gasteiger partial charge is 0.416 e. The number of rotatable bonds is 7. The quantitative estimate of drug-likeness (QED) is 0.344. The van der Waals surface area contributed by atoms with E-state index < -0.39 is 21.8 Å². The highest BCUT2D eigenvalue weighted by Gasteiger charge is 2.30. The lowest BCUT2D eigenvalue weighted by Crippen LogP contribution is -2.46. The Hall–Kier alpha value is -3.02. The molecule has 0 atom stereocenters. The average molecular weight is 521 g/mol. The second-order valence-corrected chi connectivity index (χ2v) is 10.7. The monoisotopic (exact) mass is 520 g/mol. The van der Waals surface area contributed by atoms with Crippen molar-refractivity contribution in [1.82, 2.24) is 9.88 Å². The van der Waals surface area contributed by atoms with Crippen molar-refractivity contribution in [3.8, 4) is 0 Å². The zero-order valence-corrected chi connectivity index (χ0v) is 20.3. The number of nitrogens with two attached hydrogens (primary N) is 1. The fourth-order valence-electron chi connectivity index (χ4n) is 4.79. The molecule has 0 spiro atoms. The van der Waals surface area contributed by atoms with Gasteiger partial charge in [-0.25, -0.2) is 13.6 Å². The number of alkyl halides is 3. The molecule has 1 saturated heterocycles. The van der Waals surface area contributed by atoms with Gasteiger partial charge in [0.1, 0.15) is 5.58 Å². The van der Waals surface area contributed by atoms with Crippen LogP contribution in [0, 0.1) is 0 Å².